The third-order valence-electron chi connectivity index (χ3n) is 1.98. The Morgan fingerprint density at radius 2 is 2.15 bits per heavy atom. The van der Waals surface area contributed by atoms with Crippen molar-refractivity contribution in [1.29, 1.82) is 0 Å². The molecule has 1 N–H and O–H groups in total. The molecule has 3 nitrogen and oxygen atoms in total. The van der Waals surface area contributed by atoms with E-state index in [4.69, 9.17) is 5.11 Å². The molecule has 0 fully saturated rings. The fraction of sp³-hybridized carbons (Fsp3) is 0.444. The van der Waals surface area contributed by atoms with Crippen molar-refractivity contribution >= 4 is 10.8 Å². The molecule has 1 aromatic heterocycles. The van der Waals surface area contributed by atoms with Crippen LogP contribution >= 0.6 is 0 Å². The Bertz CT molecular complexity index is 350. The molecule has 0 radical (unpaired) electrons. The predicted molar refractivity (Wildman–Crippen MR) is 52.0 cm³/mol. The molecule has 0 aromatic carbocycles. The fourth-order valence-corrected chi connectivity index (χ4v) is 2.41. The summed E-state index contributed by atoms with van der Waals surface area (Å²) in [6.07, 6.45) is 3.28. The smallest absolute Gasteiger partial charge is 0.0856 e. The van der Waals surface area contributed by atoms with Gasteiger partial charge in [-0.3, -0.25) is 9.19 Å². The van der Waals surface area contributed by atoms with Crippen molar-refractivity contribution in [3.63, 3.8) is 0 Å². The summed E-state index contributed by atoms with van der Waals surface area (Å²) in [4.78, 5) is 4.85. The van der Waals surface area contributed by atoms with E-state index in [-0.39, 0.29) is 6.61 Å². The number of aliphatic hydroxyl groups excluding tert-OH is 1. The molecular formula is C9H13NO2S. The van der Waals surface area contributed by atoms with Gasteiger partial charge in [-0.25, -0.2) is 0 Å². The number of rotatable bonds is 2. The van der Waals surface area contributed by atoms with Crippen LogP contribution in [0.2, 0.25) is 0 Å². The average Bonchev–Trinajstić information content (AvgIpc) is 2.04. The topological polar surface area (TPSA) is 50.2 Å². The van der Waals surface area contributed by atoms with Gasteiger partial charge in [0.1, 0.15) is 0 Å². The van der Waals surface area contributed by atoms with E-state index in [1.807, 2.05) is 13.8 Å². The standard InChI is InChI=1S/C9H13NO2S/c1-6-4-10-8(5-11)7(2)9(6)13(3)12/h4,11H,5H2,1-3H3. The minimum Gasteiger partial charge on any atom is -0.390 e. The molecule has 4 heteroatoms. The van der Waals surface area contributed by atoms with Crippen molar-refractivity contribution in [3.05, 3.63) is 23.0 Å². The molecule has 0 aliphatic carbocycles. The molecule has 1 aromatic rings. The second-order valence-electron chi connectivity index (χ2n) is 2.95. The van der Waals surface area contributed by atoms with Crippen LogP contribution in [0.15, 0.2) is 11.1 Å². The largest absolute Gasteiger partial charge is 0.390 e. The van der Waals surface area contributed by atoms with Crippen LogP contribution in [0.25, 0.3) is 0 Å². The number of nitrogens with zero attached hydrogens (tertiary/aromatic N) is 1. The van der Waals surface area contributed by atoms with Crippen LogP contribution in [0.1, 0.15) is 16.8 Å². The number of aliphatic hydroxyl groups is 1. The highest BCUT2D eigenvalue weighted by molar-refractivity contribution is 7.84. The van der Waals surface area contributed by atoms with Crippen molar-refractivity contribution in [2.45, 2.75) is 25.3 Å². The van der Waals surface area contributed by atoms with E-state index in [1.165, 1.54) is 0 Å². The number of hydrogen-bond acceptors (Lipinski definition) is 3. The van der Waals surface area contributed by atoms with Gasteiger partial charge < -0.3 is 5.11 Å². The van der Waals surface area contributed by atoms with Crippen molar-refractivity contribution < 1.29 is 9.32 Å². The Balaban J connectivity index is 3.38. The van der Waals surface area contributed by atoms with Crippen LogP contribution in [-0.2, 0) is 17.4 Å². The molecule has 1 unspecified atom stereocenters. The molecule has 0 saturated heterocycles. The zero-order chi connectivity index (χ0) is 10.0. The molecule has 0 aliphatic rings. The van der Waals surface area contributed by atoms with Gasteiger partial charge >= 0.3 is 0 Å². The van der Waals surface area contributed by atoms with Gasteiger partial charge in [-0.2, -0.15) is 0 Å². The maximum Gasteiger partial charge on any atom is 0.0856 e. The molecule has 1 rings (SSSR count). The molecule has 1 heterocycles. The summed E-state index contributed by atoms with van der Waals surface area (Å²) in [5.74, 6) is 0. The molecule has 72 valence electrons. The van der Waals surface area contributed by atoms with Crippen LogP contribution in [0.3, 0.4) is 0 Å². The van der Waals surface area contributed by atoms with Crippen molar-refractivity contribution in [3.8, 4) is 0 Å². The fourth-order valence-electron chi connectivity index (χ4n) is 1.36. The Kier molecular flexibility index (Phi) is 3.17. The highest BCUT2D eigenvalue weighted by atomic mass is 32.2. The normalized spacial score (nSPS) is 12.9. The van der Waals surface area contributed by atoms with Crippen molar-refractivity contribution in [1.82, 2.24) is 4.98 Å². The maximum absolute atomic E-state index is 11.4. The highest BCUT2D eigenvalue weighted by Gasteiger charge is 2.10. The third-order valence-corrected chi connectivity index (χ3v) is 3.19. The van der Waals surface area contributed by atoms with E-state index in [2.05, 4.69) is 4.98 Å². The van der Waals surface area contributed by atoms with E-state index in [9.17, 15) is 4.21 Å². The number of pyridine rings is 1. The predicted octanol–water partition coefficient (Wildman–Crippen LogP) is 0.928. The summed E-state index contributed by atoms with van der Waals surface area (Å²) in [6, 6.07) is 0. The zero-order valence-corrected chi connectivity index (χ0v) is 8.81. The van der Waals surface area contributed by atoms with Crippen LogP contribution in [0.4, 0.5) is 0 Å². The van der Waals surface area contributed by atoms with E-state index in [0.717, 1.165) is 16.0 Å². The monoisotopic (exact) mass is 199 g/mol. The molecule has 0 amide bonds. The SMILES string of the molecule is Cc1cnc(CO)c(C)c1S(C)=O. The number of aryl methyl sites for hydroxylation is 1. The Labute approximate surface area is 80.3 Å². The summed E-state index contributed by atoms with van der Waals surface area (Å²) >= 11 is 0. The second kappa shape index (κ2) is 3.98. The zero-order valence-electron chi connectivity index (χ0n) is 8.00. The Morgan fingerprint density at radius 3 is 2.62 bits per heavy atom. The lowest BCUT2D eigenvalue weighted by molar-refractivity contribution is 0.275. The maximum atomic E-state index is 11.4. The lowest BCUT2D eigenvalue weighted by Gasteiger charge is -2.09. The van der Waals surface area contributed by atoms with Crippen molar-refractivity contribution in [2.75, 3.05) is 6.26 Å². The van der Waals surface area contributed by atoms with Gasteiger partial charge in [0.2, 0.25) is 0 Å². The molecule has 13 heavy (non-hydrogen) atoms. The van der Waals surface area contributed by atoms with Gasteiger partial charge in [0, 0.05) is 17.3 Å². The molecule has 0 bridgehead atoms. The summed E-state index contributed by atoms with van der Waals surface area (Å²) < 4.78 is 11.4. The minimum atomic E-state index is -1.02. The first kappa shape index (κ1) is 10.3. The van der Waals surface area contributed by atoms with E-state index in [1.54, 1.807) is 12.5 Å². The Morgan fingerprint density at radius 1 is 1.54 bits per heavy atom. The van der Waals surface area contributed by atoms with Crippen LogP contribution in [0, 0.1) is 13.8 Å². The van der Waals surface area contributed by atoms with Gasteiger partial charge in [0.25, 0.3) is 0 Å². The summed E-state index contributed by atoms with van der Waals surface area (Å²) in [5.41, 5.74) is 2.36. The lowest BCUT2D eigenvalue weighted by atomic mass is 10.2. The van der Waals surface area contributed by atoms with Crippen LogP contribution < -0.4 is 0 Å². The second-order valence-corrected chi connectivity index (χ2v) is 4.27. The van der Waals surface area contributed by atoms with Crippen LogP contribution in [0.5, 0.6) is 0 Å². The van der Waals surface area contributed by atoms with Gasteiger partial charge in [0.05, 0.1) is 23.1 Å². The van der Waals surface area contributed by atoms with E-state index in [0.29, 0.717) is 5.69 Å². The summed E-state index contributed by atoms with van der Waals surface area (Å²) in [5, 5.41) is 8.95. The van der Waals surface area contributed by atoms with Crippen molar-refractivity contribution in [2.24, 2.45) is 0 Å². The summed E-state index contributed by atoms with van der Waals surface area (Å²) in [6.45, 7) is 3.61. The van der Waals surface area contributed by atoms with E-state index < -0.39 is 10.8 Å². The Hall–Kier alpha value is -0.740. The molecular weight excluding hydrogens is 186 g/mol. The quantitative estimate of drug-likeness (QED) is 0.770. The first-order chi connectivity index (χ1) is 6.07. The van der Waals surface area contributed by atoms with Gasteiger partial charge in [0.15, 0.2) is 0 Å². The molecule has 0 aliphatic heterocycles. The van der Waals surface area contributed by atoms with Gasteiger partial charge in [-0.1, -0.05) is 0 Å². The van der Waals surface area contributed by atoms with Gasteiger partial charge in [-0.05, 0) is 25.0 Å². The lowest BCUT2D eigenvalue weighted by Crippen LogP contribution is -2.02. The van der Waals surface area contributed by atoms with E-state index >= 15 is 0 Å². The summed E-state index contributed by atoms with van der Waals surface area (Å²) in [7, 11) is -1.02. The van der Waals surface area contributed by atoms with Gasteiger partial charge in [-0.15, -0.1) is 0 Å². The average molecular weight is 199 g/mol. The third kappa shape index (κ3) is 1.95. The molecule has 0 spiro atoms. The minimum absolute atomic E-state index is 0.101. The number of aromatic nitrogens is 1. The van der Waals surface area contributed by atoms with Crippen LogP contribution in [-0.4, -0.2) is 20.6 Å². The molecule has 1 atom stereocenters. The first-order valence-corrected chi connectivity index (χ1v) is 5.53. The highest BCUT2D eigenvalue weighted by Crippen LogP contribution is 2.18. The molecule has 0 saturated carbocycles. The first-order valence-electron chi connectivity index (χ1n) is 3.97. The number of hydrogen-bond donors (Lipinski definition) is 1.